The van der Waals surface area contributed by atoms with Crippen molar-refractivity contribution in [3.8, 4) is 0 Å². The molecule has 1 saturated heterocycles. The molecule has 6 aliphatic rings. The van der Waals surface area contributed by atoms with E-state index in [-0.39, 0.29) is 50.8 Å². The van der Waals surface area contributed by atoms with Gasteiger partial charge in [0.1, 0.15) is 43.7 Å². The second-order valence-corrected chi connectivity index (χ2v) is 20.2. The molecular formula is C44H60FN4O16P. The van der Waals surface area contributed by atoms with Crippen LogP contribution in [0.3, 0.4) is 0 Å². The second kappa shape index (κ2) is 19.4. The molecule has 4 unspecified atom stereocenters. The van der Waals surface area contributed by atoms with Crippen LogP contribution < -0.4 is 21.9 Å². The van der Waals surface area contributed by atoms with Gasteiger partial charge in [0.25, 0.3) is 5.56 Å². The molecule has 0 bridgehead atoms. The van der Waals surface area contributed by atoms with E-state index < -0.39 is 121 Å². The molecule has 14 atom stereocenters. The van der Waals surface area contributed by atoms with Gasteiger partial charge in [-0.2, -0.15) is 0 Å². The number of amides is 2. The SMILES string of the molecule is C[C@@H]1C[C@H]2[C@@H]3CCC4=CC(=O)C=C[C@]4(C)[C@@]3(F)[C@@H](O)C[C@]2(C)[C@@]1(O)C(=O)COP(=O)(O)OC1C(O)[C@H](n2ccc(=O)[nH]c2=O)O[C@@H]1COC(=O)NCCNC(=O)COC1/C=C\CCCCC1. The topological polar surface area (TPSA) is 291 Å². The maximum absolute atomic E-state index is 17.6. The van der Waals surface area contributed by atoms with Gasteiger partial charge >= 0.3 is 19.6 Å². The number of hydrogen-bond donors (Lipinski definition) is 7. The fraction of sp³-hybridized carbons (Fsp3) is 0.682. The molecule has 66 heavy (non-hydrogen) atoms. The summed E-state index contributed by atoms with van der Waals surface area (Å²) in [6.45, 7) is 2.61. The summed E-state index contributed by atoms with van der Waals surface area (Å²) in [5.41, 5.74) is -8.50. The van der Waals surface area contributed by atoms with Crippen LogP contribution in [-0.2, 0) is 42.2 Å². The van der Waals surface area contributed by atoms with Crippen LogP contribution >= 0.6 is 7.82 Å². The highest BCUT2D eigenvalue weighted by atomic mass is 31.2. The van der Waals surface area contributed by atoms with Gasteiger partial charge in [-0.05, 0) is 75.9 Å². The number of Topliss-reactive ketones (excluding diaryl/α,β-unsaturated/α-hetero) is 1. The summed E-state index contributed by atoms with van der Waals surface area (Å²) >= 11 is 0. The fourth-order valence-corrected chi connectivity index (χ4v) is 12.4. The first kappa shape index (κ1) is 49.7. The highest BCUT2D eigenvalue weighted by molar-refractivity contribution is 7.47. The molecule has 1 aromatic rings. The first-order valence-corrected chi connectivity index (χ1v) is 24.0. The molecule has 364 valence electrons. The van der Waals surface area contributed by atoms with Crippen molar-refractivity contribution in [3.05, 3.63) is 69.1 Å². The Morgan fingerprint density at radius 1 is 1.06 bits per heavy atom. The predicted octanol–water partition coefficient (Wildman–Crippen LogP) is 1.96. The first-order chi connectivity index (χ1) is 31.1. The average Bonchev–Trinajstić information content (AvgIpc) is 3.65. The van der Waals surface area contributed by atoms with Crippen LogP contribution in [0.1, 0.15) is 84.8 Å². The molecule has 1 aromatic heterocycles. The van der Waals surface area contributed by atoms with E-state index in [1.54, 1.807) is 20.8 Å². The zero-order valence-corrected chi connectivity index (χ0v) is 38.0. The molecule has 4 fully saturated rings. The van der Waals surface area contributed by atoms with Crippen molar-refractivity contribution in [2.24, 2.45) is 28.6 Å². The molecule has 0 radical (unpaired) electrons. The highest BCUT2D eigenvalue weighted by Crippen LogP contribution is 2.71. The summed E-state index contributed by atoms with van der Waals surface area (Å²) in [6.07, 6.45) is 4.59. The van der Waals surface area contributed by atoms with E-state index in [1.807, 2.05) is 17.1 Å². The van der Waals surface area contributed by atoms with Gasteiger partial charge in [-0.15, -0.1) is 0 Å². The number of phosphoric acid groups is 1. The molecule has 1 aliphatic heterocycles. The van der Waals surface area contributed by atoms with Gasteiger partial charge in [-0.1, -0.05) is 50.5 Å². The number of allylic oxidation sites excluding steroid dienone is 5. The lowest BCUT2D eigenvalue weighted by Gasteiger charge is -2.62. The minimum Gasteiger partial charge on any atom is -0.447 e. The number of nitrogens with one attached hydrogen (secondary N) is 3. The number of ether oxygens (including phenoxy) is 3. The number of phosphoric ester groups is 1. The number of carbonyl (C=O) groups is 4. The van der Waals surface area contributed by atoms with Crippen molar-refractivity contribution in [1.82, 2.24) is 20.2 Å². The molecule has 5 aliphatic carbocycles. The summed E-state index contributed by atoms with van der Waals surface area (Å²) in [6, 6.07) is 0.952. The van der Waals surface area contributed by atoms with Gasteiger partial charge in [0, 0.05) is 42.1 Å². The maximum Gasteiger partial charge on any atom is 0.473 e. The van der Waals surface area contributed by atoms with E-state index in [0.29, 0.717) is 12.0 Å². The Labute approximate surface area is 379 Å². The number of fused-ring (bicyclic) bond motifs is 5. The number of rotatable bonds is 15. The quantitative estimate of drug-likeness (QED) is 0.0751. The molecule has 3 saturated carbocycles. The Bertz CT molecular complexity index is 2300. The van der Waals surface area contributed by atoms with Gasteiger partial charge in [0.05, 0.1) is 12.2 Å². The summed E-state index contributed by atoms with van der Waals surface area (Å²) in [5, 5.41) is 40.4. The lowest BCUT2D eigenvalue weighted by molar-refractivity contribution is -0.219. The minimum atomic E-state index is -5.41. The number of nitrogens with zero attached hydrogens (tertiary/aromatic N) is 1. The monoisotopic (exact) mass is 950 g/mol. The Kier molecular flexibility index (Phi) is 14.6. The number of alkyl carbamates (subject to hydrolysis) is 1. The Morgan fingerprint density at radius 2 is 1.82 bits per heavy atom. The van der Waals surface area contributed by atoms with Crippen molar-refractivity contribution >= 4 is 31.4 Å². The number of carbonyl (C=O) groups excluding carboxylic acids is 4. The van der Waals surface area contributed by atoms with Crippen molar-refractivity contribution in [2.45, 2.75) is 127 Å². The highest BCUT2D eigenvalue weighted by Gasteiger charge is 2.75. The summed E-state index contributed by atoms with van der Waals surface area (Å²) in [7, 11) is -5.41. The van der Waals surface area contributed by atoms with Crippen LogP contribution in [0.4, 0.5) is 9.18 Å². The average molecular weight is 951 g/mol. The zero-order valence-electron chi connectivity index (χ0n) is 37.1. The van der Waals surface area contributed by atoms with Crippen molar-refractivity contribution in [1.29, 1.82) is 0 Å². The van der Waals surface area contributed by atoms with Crippen molar-refractivity contribution in [2.75, 3.05) is 32.9 Å². The molecule has 0 spiro atoms. The van der Waals surface area contributed by atoms with E-state index in [9.17, 15) is 53.5 Å². The lowest BCUT2D eigenvalue weighted by atomic mass is 9.44. The normalized spacial score (nSPS) is 38.6. The second-order valence-electron chi connectivity index (χ2n) is 18.8. The van der Waals surface area contributed by atoms with E-state index in [0.717, 1.165) is 48.9 Å². The molecule has 20 nitrogen and oxygen atoms in total. The van der Waals surface area contributed by atoms with Crippen molar-refractivity contribution < 1.29 is 71.6 Å². The molecule has 7 rings (SSSR count). The molecule has 22 heteroatoms. The van der Waals surface area contributed by atoms with Crippen LogP contribution in [0.2, 0.25) is 0 Å². The van der Waals surface area contributed by atoms with Gasteiger partial charge in [-0.25, -0.2) is 18.5 Å². The Hall–Kier alpha value is -4.18. The van der Waals surface area contributed by atoms with E-state index >= 15 is 4.39 Å². The van der Waals surface area contributed by atoms with E-state index in [2.05, 4.69) is 10.6 Å². The number of H-pyrrole nitrogens is 1. The molecule has 2 amide bonds. The maximum atomic E-state index is 17.6. The van der Waals surface area contributed by atoms with E-state index in [4.69, 9.17) is 23.3 Å². The third-order valence-corrected chi connectivity index (χ3v) is 15.9. The molecule has 2 heterocycles. The van der Waals surface area contributed by atoms with Crippen molar-refractivity contribution in [3.63, 3.8) is 0 Å². The van der Waals surface area contributed by atoms with Gasteiger partial charge in [-0.3, -0.25) is 37.8 Å². The summed E-state index contributed by atoms with van der Waals surface area (Å²) < 4.78 is 59.2. The number of aromatic amines is 1. The van der Waals surface area contributed by atoms with Gasteiger partial charge in [0.2, 0.25) is 5.91 Å². The van der Waals surface area contributed by atoms with Crippen LogP contribution in [-0.4, -0.2) is 128 Å². The largest absolute Gasteiger partial charge is 0.473 e. The number of aliphatic hydroxyl groups excluding tert-OH is 2. The number of hydrogen-bond acceptors (Lipinski definition) is 15. The lowest BCUT2D eigenvalue weighted by Crippen LogP contribution is -2.69. The van der Waals surface area contributed by atoms with Crippen LogP contribution in [0.25, 0.3) is 0 Å². The Morgan fingerprint density at radius 3 is 2.58 bits per heavy atom. The number of aromatic nitrogens is 2. The summed E-state index contributed by atoms with van der Waals surface area (Å²) in [4.78, 5) is 88.7. The molecule has 7 N–H and O–H groups in total. The Balaban J connectivity index is 0.977. The van der Waals surface area contributed by atoms with Crippen LogP contribution in [0.15, 0.2) is 57.8 Å². The zero-order chi connectivity index (χ0) is 47.8. The smallest absolute Gasteiger partial charge is 0.447 e. The third-order valence-electron chi connectivity index (χ3n) is 14.9. The van der Waals surface area contributed by atoms with Gasteiger partial charge in [0.15, 0.2) is 23.5 Å². The van der Waals surface area contributed by atoms with Crippen LogP contribution in [0, 0.1) is 28.6 Å². The summed E-state index contributed by atoms with van der Waals surface area (Å²) in [5.74, 6) is -4.02. The third kappa shape index (κ3) is 9.34. The minimum absolute atomic E-state index is 0.00722. The fourth-order valence-electron chi connectivity index (χ4n) is 11.5. The van der Waals surface area contributed by atoms with Gasteiger partial charge < -0.3 is 45.1 Å². The predicted molar refractivity (Wildman–Crippen MR) is 229 cm³/mol. The molecular weight excluding hydrogens is 890 g/mol. The van der Waals surface area contributed by atoms with Crippen LogP contribution in [0.5, 0.6) is 0 Å². The number of alkyl halides is 1. The standard InChI is InChI=1S/C44H60FN4O16P/c1-25-19-30-29-12-11-26-20-27(50)13-15-41(26,2)43(29,45)32(51)21-42(30,3)44(25,58)33(52)23-63-66(59,60)65-37-31(64-38(36(37)55)49-18-14-34(53)48-39(49)56)22-62-40(57)47-17-16-46-35(54)24-61-28-9-7-5-4-6-8-10-28/h7,9,13-15,18,20,25,28-32,36-38,51,55,58H,4-6,8,10-12,16-17,19,21-24H2,1-3H3,(H,46,54)(H,47,57)(H,59,60)(H,48,53,56)/b9-7-/t25-,28?,29+,30+,31-,32+,36?,37?,38-,41+,42+,43+,44+/m1/s1. The first-order valence-electron chi connectivity index (χ1n) is 22.5. The van der Waals surface area contributed by atoms with E-state index in [1.165, 1.54) is 18.2 Å². The number of halogens is 1. The molecule has 0 aromatic carbocycles. The number of aliphatic hydroxyl groups is 3. The number of ketones is 2.